The Balaban J connectivity index is 1.85. The summed E-state index contributed by atoms with van der Waals surface area (Å²) in [5.74, 6) is 0. The third-order valence-corrected chi connectivity index (χ3v) is 5.59. The maximum Gasteiger partial charge on any atom is 0.0778 e. The molecule has 132 valence electrons. The number of benzene rings is 1. The van der Waals surface area contributed by atoms with Gasteiger partial charge in [-0.1, -0.05) is 0 Å². The van der Waals surface area contributed by atoms with Crippen molar-refractivity contribution in [2.24, 2.45) is 0 Å². The van der Waals surface area contributed by atoms with Crippen LogP contribution in [-0.4, -0.2) is 25.0 Å². The summed E-state index contributed by atoms with van der Waals surface area (Å²) >= 11 is 0. The molecular formula is C21H23N5. The van der Waals surface area contributed by atoms with E-state index in [1.165, 1.54) is 40.3 Å². The molecule has 4 aromatic rings. The Morgan fingerprint density at radius 2 is 1.92 bits per heavy atom. The van der Waals surface area contributed by atoms with Crippen molar-refractivity contribution in [3.63, 3.8) is 0 Å². The summed E-state index contributed by atoms with van der Waals surface area (Å²) < 4.78 is 2.05. The maximum absolute atomic E-state index is 5.13. The molecule has 0 unspecified atom stereocenters. The van der Waals surface area contributed by atoms with Gasteiger partial charge in [0, 0.05) is 28.6 Å². The van der Waals surface area contributed by atoms with Gasteiger partial charge in [-0.3, -0.25) is 9.78 Å². The summed E-state index contributed by atoms with van der Waals surface area (Å²) in [6, 6.07) is 4.56. The molecule has 1 N–H and O–H groups in total. The highest BCUT2D eigenvalue weighted by Gasteiger charge is 2.23. The summed E-state index contributed by atoms with van der Waals surface area (Å²) in [6.45, 7) is 6.42. The molecule has 0 saturated heterocycles. The molecule has 5 rings (SSSR count). The van der Waals surface area contributed by atoms with Crippen LogP contribution >= 0.6 is 0 Å². The van der Waals surface area contributed by atoms with Crippen LogP contribution in [0.4, 0.5) is 0 Å². The van der Waals surface area contributed by atoms with E-state index in [-0.39, 0.29) is 0 Å². The third-order valence-electron chi connectivity index (χ3n) is 5.59. The molecule has 0 fully saturated rings. The summed E-state index contributed by atoms with van der Waals surface area (Å²) in [5.41, 5.74) is 8.37. The fourth-order valence-electron chi connectivity index (χ4n) is 4.25. The molecule has 0 atom stereocenters. The first-order chi connectivity index (χ1) is 12.6. The van der Waals surface area contributed by atoms with Gasteiger partial charge in [-0.05, 0) is 69.7 Å². The van der Waals surface area contributed by atoms with E-state index in [2.05, 4.69) is 49.3 Å². The van der Waals surface area contributed by atoms with Crippen molar-refractivity contribution in [2.45, 2.75) is 52.5 Å². The number of hydrogen-bond acceptors (Lipinski definition) is 3. The lowest BCUT2D eigenvalue weighted by Gasteiger charge is -2.21. The van der Waals surface area contributed by atoms with Crippen LogP contribution in [0.5, 0.6) is 0 Å². The van der Waals surface area contributed by atoms with Gasteiger partial charge in [0.25, 0.3) is 0 Å². The van der Waals surface area contributed by atoms with E-state index in [0.29, 0.717) is 6.04 Å². The first kappa shape index (κ1) is 15.6. The Bertz CT molecular complexity index is 1130. The third kappa shape index (κ3) is 2.19. The molecule has 3 heterocycles. The fraction of sp³-hybridized carbons (Fsp3) is 0.381. The molecule has 3 aromatic heterocycles. The van der Waals surface area contributed by atoms with E-state index in [1.54, 1.807) is 0 Å². The number of aromatic nitrogens is 5. The Morgan fingerprint density at radius 3 is 2.69 bits per heavy atom. The molecule has 26 heavy (non-hydrogen) atoms. The van der Waals surface area contributed by atoms with Crippen molar-refractivity contribution < 1.29 is 0 Å². The van der Waals surface area contributed by atoms with E-state index in [9.17, 15) is 0 Å². The van der Waals surface area contributed by atoms with Crippen LogP contribution in [-0.2, 0) is 12.8 Å². The van der Waals surface area contributed by atoms with E-state index in [4.69, 9.17) is 10.1 Å². The lowest BCUT2D eigenvalue weighted by Crippen LogP contribution is -2.08. The van der Waals surface area contributed by atoms with Crippen molar-refractivity contribution in [3.05, 3.63) is 41.3 Å². The molecule has 5 nitrogen and oxygen atoms in total. The van der Waals surface area contributed by atoms with Gasteiger partial charge < -0.3 is 0 Å². The minimum Gasteiger partial charge on any atom is -0.278 e. The Hall–Kier alpha value is -2.69. The highest BCUT2D eigenvalue weighted by Crippen LogP contribution is 2.38. The minimum absolute atomic E-state index is 0.351. The number of nitrogens with one attached hydrogen (secondary N) is 1. The van der Waals surface area contributed by atoms with Crippen LogP contribution < -0.4 is 0 Å². The van der Waals surface area contributed by atoms with Gasteiger partial charge in [0.05, 0.1) is 28.6 Å². The van der Waals surface area contributed by atoms with Gasteiger partial charge in [0.1, 0.15) is 0 Å². The van der Waals surface area contributed by atoms with Crippen molar-refractivity contribution in [1.82, 2.24) is 25.0 Å². The van der Waals surface area contributed by atoms with Gasteiger partial charge >= 0.3 is 0 Å². The number of nitrogens with zero attached hydrogens (tertiary/aromatic N) is 4. The molecule has 5 heteroatoms. The highest BCUT2D eigenvalue weighted by molar-refractivity contribution is 6.07. The second-order valence-electron chi connectivity index (χ2n) is 7.62. The van der Waals surface area contributed by atoms with Gasteiger partial charge in [0.15, 0.2) is 0 Å². The zero-order valence-corrected chi connectivity index (χ0v) is 15.5. The van der Waals surface area contributed by atoms with Crippen LogP contribution in [0.15, 0.2) is 24.5 Å². The first-order valence-corrected chi connectivity index (χ1v) is 9.47. The summed E-state index contributed by atoms with van der Waals surface area (Å²) in [4.78, 5) is 5.13. The molecule has 0 amide bonds. The van der Waals surface area contributed by atoms with Crippen LogP contribution in [0.3, 0.4) is 0 Å². The van der Waals surface area contributed by atoms with Crippen LogP contribution in [0.2, 0.25) is 0 Å². The number of rotatable bonds is 2. The predicted molar refractivity (Wildman–Crippen MR) is 104 cm³/mol. The quantitative estimate of drug-likeness (QED) is 0.571. The summed E-state index contributed by atoms with van der Waals surface area (Å²) in [6.07, 6.45) is 8.78. The molecule has 1 aromatic carbocycles. The highest BCUT2D eigenvalue weighted by atomic mass is 15.3. The molecular weight excluding hydrogens is 322 g/mol. The Labute approximate surface area is 152 Å². The number of hydrogen-bond donors (Lipinski definition) is 1. The second-order valence-corrected chi connectivity index (χ2v) is 7.62. The number of pyridine rings is 1. The van der Waals surface area contributed by atoms with E-state index < -0.39 is 0 Å². The number of aromatic amines is 1. The second kappa shape index (κ2) is 5.66. The Kier molecular flexibility index (Phi) is 3.39. The van der Waals surface area contributed by atoms with Crippen molar-refractivity contribution in [1.29, 1.82) is 0 Å². The van der Waals surface area contributed by atoms with Crippen molar-refractivity contribution >= 4 is 21.8 Å². The van der Waals surface area contributed by atoms with Crippen molar-refractivity contribution in [2.75, 3.05) is 0 Å². The molecule has 0 saturated carbocycles. The smallest absolute Gasteiger partial charge is 0.0778 e. The lowest BCUT2D eigenvalue weighted by atomic mass is 9.85. The lowest BCUT2D eigenvalue weighted by molar-refractivity contribution is 0.529. The molecule has 1 aliphatic carbocycles. The Morgan fingerprint density at radius 1 is 1.12 bits per heavy atom. The molecule has 0 aliphatic heterocycles. The first-order valence-electron chi connectivity index (χ1n) is 9.47. The standard InChI is InChI=1S/C21H23N5/c1-12(2)26-11-17(13(3)25-26)21-15-7-5-4-6-14(15)20-16-10-22-24-18(16)8-9-19(20)23-21/h8-12H,4-7H2,1-3H3,(H,22,24). The van der Waals surface area contributed by atoms with E-state index in [1.807, 2.05) is 10.9 Å². The topological polar surface area (TPSA) is 59.4 Å². The van der Waals surface area contributed by atoms with Crippen molar-refractivity contribution in [3.8, 4) is 11.3 Å². The molecule has 0 spiro atoms. The van der Waals surface area contributed by atoms with Gasteiger partial charge in [-0.25, -0.2) is 4.98 Å². The average Bonchev–Trinajstić information content (AvgIpc) is 3.27. The summed E-state index contributed by atoms with van der Waals surface area (Å²) in [7, 11) is 0. The monoisotopic (exact) mass is 345 g/mol. The predicted octanol–water partition coefficient (Wildman–Crippen LogP) is 4.74. The maximum atomic E-state index is 5.13. The normalized spacial score (nSPS) is 14.5. The summed E-state index contributed by atoms with van der Waals surface area (Å²) in [5, 5.41) is 14.5. The van der Waals surface area contributed by atoms with Crippen LogP contribution in [0, 0.1) is 6.92 Å². The molecule has 0 bridgehead atoms. The largest absolute Gasteiger partial charge is 0.278 e. The molecule has 0 radical (unpaired) electrons. The number of aryl methyl sites for hydroxylation is 2. The van der Waals surface area contributed by atoms with Crippen LogP contribution in [0.25, 0.3) is 33.1 Å². The average molecular weight is 345 g/mol. The van der Waals surface area contributed by atoms with E-state index >= 15 is 0 Å². The number of H-pyrrole nitrogens is 1. The minimum atomic E-state index is 0.351. The fourth-order valence-corrected chi connectivity index (χ4v) is 4.25. The van der Waals surface area contributed by atoms with Gasteiger partial charge in [0.2, 0.25) is 0 Å². The SMILES string of the molecule is Cc1nn(C(C)C)cc1-c1nc2ccc3[nH]ncc3c2c2c1CCCC2. The zero-order valence-electron chi connectivity index (χ0n) is 15.5. The number of fused-ring (bicyclic) bond motifs is 5. The molecule has 1 aliphatic rings. The van der Waals surface area contributed by atoms with Gasteiger partial charge in [-0.2, -0.15) is 10.2 Å². The van der Waals surface area contributed by atoms with Gasteiger partial charge in [-0.15, -0.1) is 0 Å². The van der Waals surface area contributed by atoms with Crippen LogP contribution in [0.1, 0.15) is 49.6 Å². The zero-order chi connectivity index (χ0) is 17.8. The van der Waals surface area contributed by atoms with E-state index in [0.717, 1.165) is 35.3 Å².